The molecule has 4 heteroatoms. The average molecular weight is 330 g/mol. The number of rotatable bonds is 3. The highest BCUT2D eigenvalue weighted by atomic mass is 32.2. The Morgan fingerprint density at radius 1 is 1.00 bits per heavy atom. The zero-order chi connectivity index (χ0) is 15.5. The van der Waals surface area contributed by atoms with Crippen LogP contribution in [0.4, 0.5) is 0 Å². The summed E-state index contributed by atoms with van der Waals surface area (Å²) in [7, 11) is 0. The lowest BCUT2D eigenvalue weighted by molar-refractivity contribution is 0.0734. The zero-order valence-corrected chi connectivity index (χ0v) is 14.3. The van der Waals surface area contributed by atoms with Gasteiger partial charge in [0.25, 0.3) is 0 Å². The molecule has 1 saturated heterocycles. The molecule has 114 valence electrons. The van der Waals surface area contributed by atoms with Crippen LogP contribution in [0, 0.1) is 13.8 Å². The van der Waals surface area contributed by atoms with E-state index in [-0.39, 0.29) is 5.97 Å². The van der Waals surface area contributed by atoms with E-state index in [4.69, 9.17) is 4.74 Å². The van der Waals surface area contributed by atoms with Gasteiger partial charge in [-0.25, -0.2) is 4.79 Å². The lowest BCUT2D eigenvalue weighted by Crippen LogP contribution is -2.09. The second-order valence-corrected chi connectivity index (χ2v) is 8.13. The topological polar surface area (TPSA) is 26.3 Å². The second-order valence-electron chi connectivity index (χ2n) is 5.41. The molecule has 1 aliphatic heterocycles. The number of hydrogen-bond acceptors (Lipinski definition) is 4. The van der Waals surface area contributed by atoms with Crippen molar-refractivity contribution in [1.82, 2.24) is 0 Å². The van der Waals surface area contributed by atoms with E-state index in [9.17, 15) is 4.79 Å². The number of esters is 1. The Morgan fingerprint density at radius 3 is 2.18 bits per heavy atom. The van der Waals surface area contributed by atoms with Crippen LogP contribution in [0.15, 0.2) is 42.5 Å². The molecule has 0 aromatic heterocycles. The molecule has 0 radical (unpaired) electrons. The van der Waals surface area contributed by atoms with Gasteiger partial charge in [-0.05, 0) is 43.7 Å². The van der Waals surface area contributed by atoms with Crippen LogP contribution in [0.2, 0.25) is 0 Å². The summed E-state index contributed by atoms with van der Waals surface area (Å²) in [5, 5.41) is 0. The fourth-order valence-corrected chi connectivity index (χ4v) is 5.36. The number of carbonyl (C=O) groups excluding carboxylic acids is 1. The lowest BCUT2D eigenvalue weighted by Gasteiger charge is -2.10. The smallest absolute Gasteiger partial charge is 0.343 e. The Morgan fingerprint density at radius 2 is 1.59 bits per heavy atom. The highest BCUT2D eigenvalue weighted by Gasteiger charge is 2.18. The van der Waals surface area contributed by atoms with Gasteiger partial charge < -0.3 is 4.74 Å². The number of aryl methyl sites for hydroxylation is 2. The van der Waals surface area contributed by atoms with Crippen molar-refractivity contribution in [3.63, 3.8) is 0 Å². The summed E-state index contributed by atoms with van der Waals surface area (Å²) in [5.41, 5.74) is 4.03. The number of carbonyl (C=O) groups is 1. The van der Waals surface area contributed by atoms with E-state index in [0.29, 0.717) is 15.9 Å². The standard InChI is InChI=1S/C18H18O2S2/c1-12-9-13(2)11-15(10-12)17(19)20-16-5-3-14(4-6-16)18-21-7-8-22-18/h3-6,9-11,18H,7-8H2,1-2H3. The fourth-order valence-electron chi connectivity index (χ4n) is 2.50. The summed E-state index contributed by atoms with van der Waals surface area (Å²) in [6, 6.07) is 13.6. The first kappa shape index (κ1) is 15.5. The normalized spacial score (nSPS) is 15.0. The van der Waals surface area contributed by atoms with Gasteiger partial charge >= 0.3 is 5.97 Å². The summed E-state index contributed by atoms with van der Waals surface area (Å²) >= 11 is 3.94. The zero-order valence-electron chi connectivity index (χ0n) is 12.7. The molecule has 2 nitrogen and oxygen atoms in total. The van der Waals surface area contributed by atoms with E-state index in [1.54, 1.807) is 0 Å². The van der Waals surface area contributed by atoms with E-state index >= 15 is 0 Å². The number of thioether (sulfide) groups is 2. The first-order chi connectivity index (χ1) is 10.6. The minimum absolute atomic E-state index is 0.302. The molecule has 2 aromatic carbocycles. The Labute approximate surface area is 139 Å². The van der Waals surface area contributed by atoms with Crippen molar-refractivity contribution in [3.8, 4) is 5.75 Å². The van der Waals surface area contributed by atoms with Crippen molar-refractivity contribution in [2.24, 2.45) is 0 Å². The molecule has 0 atom stereocenters. The summed E-state index contributed by atoms with van der Waals surface area (Å²) in [6.45, 7) is 3.96. The van der Waals surface area contributed by atoms with Crippen molar-refractivity contribution < 1.29 is 9.53 Å². The minimum Gasteiger partial charge on any atom is -0.423 e. The molecular weight excluding hydrogens is 312 g/mol. The van der Waals surface area contributed by atoms with Crippen molar-refractivity contribution in [1.29, 1.82) is 0 Å². The van der Waals surface area contributed by atoms with Crippen LogP contribution in [-0.4, -0.2) is 17.5 Å². The fraction of sp³-hybridized carbons (Fsp3) is 0.278. The quantitative estimate of drug-likeness (QED) is 0.584. The molecule has 2 aromatic rings. The molecule has 0 saturated carbocycles. The molecule has 1 aliphatic rings. The summed E-state index contributed by atoms with van der Waals surface area (Å²) in [5.74, 6) is 2.71. The highest BCUT2D eigenvalue weighted by Crippen LogP contribution is 2.45. The van der Waals surface area contributed by atoms with Gasteiger partial charge in [-0.15, -0.1) is 23.5 Å². The molecule has 0 N–H and O–H groups in total. The van der Waals surface area contributed by atoms with Crippen LogP contribution in [0.25, 0.3) is 0 Å². The monoisotopic (exact) mass is 330 g/mol. The lowest BCUT2D eigenvalue weighted by atomic mass is 10.1. The van der Waals surface area contributed by atoms with Gasteiger partial charge in [0.15, 0.2) is 0 Å². The predicted molar refractivity (Wildman–Crippen MR) is 95.0 cm³/mol. The summed E-state index contributed by atoms with van der Waals surface area (Å²) in [6.07, 6.45) is 0. The van der Waals surface area contributed by atoms with Gasteiger partial charge in [-0.2, -0.15) is 0 Å². The number of hydrogen-bond donors (Lipinski definition) is 0. The molecule has 0 bridgehead atoms. The van der Waals surface area contributed by atoms with Crippen LogP contribution in [0.5, 0.6) is 5.75 Å². The molecule has 0 aliphatic carbocycles. The van der Waals surface area contributed by atoms with Gasteiger partial charge in [0, 0.05) is 11.5 Å². The van der Waals surface area contributed by atoms with Crippen LogP contribution < -0.4 is 4.74 Å². The maximum atomic E-state index is 12.2. The maximum Gasteiger partial charge on any atom is 0.343 e. The first-order valence-electron chi connectivity index (χ1n) is 7.25. The van der Waals surface area contributed by atoms with Crippen LogP contribution in [0.3, 0.4) is 0 Å². The van der Waals surface area contributed by atoms with Crippen molar-refractivity contribution in [2.45, 2.75) is 18.4 Å². The Balaban J connectivity index is 1.70. The van der Waals surface area contributed by atoms with E-state index in [1.165, 1.54) is 17.1 Å². The number of benzene rings is 2. The molecular formula is C18H18O2S2. The molecule has 0 unspecified atom stereocenters. The predicted octanol–water partition coefficient (Wildman–Crippen LogP) is 5.00. The third kappa shape index (κ3) is 3.68. The van der Waals surface area contributed by atoms with Gasteiger partial charge in [0.1, 0.15) is 5.75 Å². The van der Waals surface area contributed by atoms with Crippen LogP contribution >= 0.6 is 23.5 Å². The average Bonchev–Trinajstić information content (AvgIpc) is 3.01. The summed E-state index contributed by atoms with van der Waals surface area (Å²) < 4.78 is 5.99. The van der Waals surface area contributed by atoms with Gasteiger partial charge in [0.05, 0.1) is 10.1 Å². The molecule has 0 amide bonds. The minimum atomic E-state index is -0.302. The van der Waals surface area contributed by atoms with Gasteiger partial charge in [-0.3, -0.25) is 0 Å². The molecule has 3 rings (SSSR count). The van der Waals surface area contributed by atoms with Gasteiger partial charge in [-0.1, -0.05) is 29.3 Å². The number of ether oxygens (including phenoxy) is 1. The molecule has 0 spiro atoms. The van der Waals surface area contributed by atoms with Crippen LogP contribution in [-0.2, 0) is 0 Å². The molecule has 1 fully saturated rings. The first-order valence-corrected chi connectivity index (χ1v) is 9.35. The van der Waals surface area contributed by atoms with E-state index in [1.807, 2.05) is 67.7 Å². The molecule has 22 heavy (non-hydrogen) atoms. The van der Waals surface area contributed by atoms with Crippen LogP contribution in [0.1, 0.15) is 31.6 Å². The Kier molecular flexibility index (Phi) is 4.79. The second kappa shape index (κ2) is 6.80. The third-order valence-electron chi connectivity index (χ3n) is 3.44. The maximum absolute atomic E-state index is 12.2. The highest BCUT2D eigenvalue weighted by molar-refractivity contribution is 8.19. The van der Waals surface area contributed by atoms with Crippen molar-refractivity contribution in [2.75, 3.05) is 11.5 Å². The van der Waals surface area contributed by atoms with E-state index in [2.05, 4.69) is 12.1 Å². The Hall–Kier alpha value is -1.39. The van der Waals surface area contributed by atoms with E-state index < -0.39 is 0 Å². The SMILES string of the molecule is Cc1cc(C)cc(C(=O)Oc2ccc(C3SCCS3)cc2)c1. The molecule has 1 heterocycles. The largest absolute Gasteiger partial charge is 0.423 e. The van der Waals surface area contributed by atoms with E-state index in [0.717, 1.165) is 11.1 Å². The Bertz CT molecular complexity index is 654. The van der Waals surface area contributed by atoms with Crippen molar-refractivity contribution in [3.05, 3.63) is 64.7 Å². The summed E-state index contributed by atoms with van der Waals surface area (Å²) in [4.78, 5) is 12.2. The van der Waals surface area contributed by atoms with Crippen molar-refractivity contribution >= 4 is 29.5 Å². The third-order valence-corrected chi connectivity index (χ3v) is 6.55. The van der Waals surface area contributed by atoms with Gasteiger partial charge in [0.2, 0.25) is 0 Å².